The number of carbonyl (C=O) groups excluding carboxylic acids is 1. The molecule has 0 radical (unpaired) electrons. The third kappa shape index (κ3) is 3.41. The molecule has 30 heavy (non-hydrogen) atoms. The van der Waals surface area contributed by atoms with Gasteiger partial charge in [-0.1, -0.05) is 17.7 Å². The first-order valence-electron chi connectivity index (χ1n) is 8.83. The summed E-state index contributed by atoms with van der Waals surface area (Å²) in [6.45, 7) is 0.920. The number of aromatic nitrogens is 5. The van der Waals surface area contributed by atoms with Crippen molar-refractivity contribution in [2.75, 3.05) is 12.3 Å². The molecule has 156 valence electrons. The van der Waals surface area contributed by atoms with Gasteiger partial charge in [-0.2, -0.15) is 18.3 Å². The normalized spacial score (nSPS) is 12.0. The molecule has 4 rings (SSSR count). The van der Waals surface area contributed by atoms with Gasteiger partial charge in [0.25, 0.3) is 5.91 Å². The number of amides is 1. The van der Waals surface area contributed by atoms with Crippen molar-refractivity contribution in [2.45, 2.75) is 19.6 Å². The van der Waals surface area contributed by atoms with Crippen LogP contribution in [0, 0.1) is 0 Å². The van der Waals surface area contributed by atoms with Crippen LogP contribution in [0.15, 0.2) is 24.5 Å². The van der Waals surface area contributed by atoms with E-state index in [4.69, 9.17) is 17.3 Å². The number of anilines is 1. The molecule has 0 saturated heterocycles. The topological polar surface area (TPSA) is 115 Å². The molecular formula is C18H15ClF3N7O. The van der Waals surface area contributed by atoms with Gasteiger partial charge in [-0.3, -0.25) is 4.79 Å². The average Bonchev–Trinajstić information content (AvgIpc) is 3.19. The molecule has 12 heteroatoms. The second-order valence-electron chi connectivity index (χ2n) is 6.51. The standard InChI is InChI=1S/C18H15ClF3N7O/c1-2-24-17(30)8-3-4-9-10(5-8)27-14(12(9)19)13-11-15(23)25-7-26-16(11)29(28-13)6-18(20,21)22/h3-5,7,27H,2,6H2,1H3,(H,24,30)(H2,23,25,26). The molecule has 0 spiro atoms. The minimum absolute atomic E-state index is 0.0267. The molecule has 8 nitrogen and oxygen atoms in total. The number of hydrogen-bond acceptors (Lipinski definition) is 5. The van der Waals surface area contributed by atoms with Crippen molar-refractivity contribution in [1.29, 1.82) is 0 Å². The number of alkyl halides is 3. The van der Waals surface area contributed by atoms with Crippen molar-refractivity contribution >= 4 is 45.3 Å². The predicted molar refractivity (Wildman–Crippen MR) is 106 cm³/mol. The molecule has 0 atom stereocenters. The van der Waals surface area contributed by atoms with Crippen molar-refractivity contribution in [3.63, 3.8) is 0 Å². The number of fused-ring (bicyclic) bond motifs is 2. The van der Waals surface area contributed by atoms with Crippen molar-refractivity contribution < 1.29 is 18.0 Å². The number of nitrogen functional groups attached to an aromatic ring is 1. The van der Waals surface area contributed by atoms with Crippen LogP contribution < -0.4 is 11.1 Å². The monoisotopic (exact) mass is 437 g/mol. The van der Waals surface area contributed by atoms with E-state index in [0.717, 1.165) is 6.33 Å². The number of benzene rings is 1. The summed E-state index contributed by atoms with van der Waals surface area (Å²) in [6.07, 6.45) is -3.44. The third-order valence-corrected chi connectivity index (χ3v) is 4.85. The zero-order chi connectivity index (χ0) is 21.6. The number of nitrogens with zero attached hydrogens (tertiary/aromatic N) is 4. The van der Waals surface area contributed by atoms with E-state index in [9.17, 15) is 18.0 Å². The van der Waals surface area contributed by atoms with E-state index in [1.54, 1.807) is 25.1 Å². The molecular weight excluding hydrogens is 423 g/mol. The summed E-state index contributed by atoms with van der Waals surface area (Å²) in [7, 11) is 0. The Labute approximate surface area is 172 Å². The summed E-state index contributed by atoms with van der Waals surface area (Å²) in [6, 6.07) is 4.86. The molecule has 0 saturated carbocycles. The first kappa shape index (κ1) is 20.0. The molecule has 0 aliphatic heterocycles. The fraction of sp³-hybridized carbons (Fsp3) is 0.222. The van der Waals surface area contributed by atoms with Crippen LogP contribution in [0.3, 0.4) is 0 Å². The Hall–Kier alpha value is -3.34. The van der Waals surface area contributed by atoms with Gasteiger partial charge in [-0.15, -0.1) is 0 Å². The lowest BCUT2D eigenvalue weighted by Gasteiger charge is -2.06. The van der Waals surface area contributed by atoms with Crippen LogP contribution in [-0.4, -0.2) is 43.4 Å². The number of rotatable bonds is 4. The van der Waals surface area contributed by atoms with Crippen molar-refractivity contribution in [3.8, 4) is 11.4 Å². The Bertz CT molecular complexity index is 1280. The molecule has 0 aliphatic rings. The van der Waals surface area contributed by atoms with E-state index in [-0.39, 0.29) is 39.2 Å². The molecule has 4 N–H and O–H groups in total. The lowest BCUT2D eigenvalue weighted by molar-refractivity contribution is -0.141. The highest BCUT2D eigenvalue weighted by Crippen LogP contribution is 2.38. The van der Waals surface area contributed by atoms with Crippen molar-refractivity contribution in [1.82, 2.24) is 30.0 Å². The van der Waals surface area contributed by atoms with Gasteiger partial charge >= 0.3 is 6.18 Å². The van der Waals surface area contributed by atoms with Crippen LogP contribution >= 0.6 is 11.6 Å². The highest BCUT2D eigenvalue weighted by molar-refractivity contribution is 6.38. The molecule has 3 heterocycles. The predicted octanol–water partition coefficient (Wildman–Crippen LogP) is 3.52. The van der Waals surface area contributed by atoms with Gasteiger partial charge in [0.05, 0.1) is 16.1 Å². The zero-order valence-corrected chi connectivity index (χ0v) is 16.3. The smallest absolute Gasteiger partial charge is 0.383 e. The van der Waals surface area contributed by atoms with Gasteiger partial charge in [-0.05, 0) is 19.1 Å². The number of nitrogens with two attached hydrogens (primary N) is 1. The number of halogens is 4. The highest BCUT2D eigenvalue weighted by atomic mass is 35.5. The number of hydrogen-bond donors (Lipinski definition) is 3. The maximum atomic E-state index is 13.0. The van der Waals surface area contributed by atoms with E-state index < -0.39 is 12.7 Å². The van der Waals surface area contributed by atoms with Crippen LogP contribution in [0.4, 0.5) is 19.0 Å². The lowest BCUT2D eigenvalue weighted by atomic mass is 10.1. The zero-order valence-electron chi connectivity index (χ0n) is 15.5. The van der Waals surface area contributed by atoms with E-state index in [0.29, 0.717) is 27.7 Å². The van der Waals surface area contributed by atoms with Gasteiger partial charge in [-0.25, -0.2) is 14.6 Å². The molecule has 0 unspecified atom stereocenters. The Morgan fingerprint density at radius 3 is 2.80 bits per heavy atom. The summed E-state index contributed by atoms with van der Waals surface area (Å²) in [5, 5.41) is 7.72. The largest absolute Gasteiger partial charge is 0.408 e. The summed E-state index contributed by atoms with van der Waals surface area (Å²) in [5.41, 5.74) is 7.13. The minimum atomic E-state index is -4.51. The van der Waals surface area contributed by atoms with Gasteiger partial charge in [0.1, 0.15) is 24.4 Å². The maximum Gasteiger partial charge on any atom is 0.408 e. The average molecular weight is 438 g/mol. The quantitative estimate of drug-likeness (QED) is 0.452. The Morgan fingerprint density at radius 1 is 1.33 bits per heavy atom. The second kappa shape index (κ2) is 7.17. The number of aromatic amines is 1. The maximum absolute atomic E-state index is 13.0. The van der Waals surface area contributed by atoms with E-state index in [1.165, 1.54) is 0 Å². The van der Waals surface area contributed by atoms with E-state index in [1.807, 2.05) is 0 Å². The molecule has 4 aromatic rings. The summed E-state index contributed by atoms with van der Waals surface area (Å²) >= 11 is 6.49. The van der Waals surface area contributed by atoms with Crippen LogP contribution in [0.5, 0.6) is 0 Å². The fourth-order valence-corrected chi connectivity index (χ4v) is 3.52. The van der Waals surface area contributed by atoms with Gasteiger partial charge in [0, 0.05) is 23.0 Å². The third-order valence-electron chi connectivity index (χ3n) is 4.46. The fourth-order valence-electron chi connectivity index (χ4n) is 3.22. The summed E-state index contributed by atoms with van der Waals surface area (Å²) in [4.78, 5) is 22.9. The van der Waals surface area contributed by atoms with Gasteiger partial charge < -0.3 is 16.0 Å². The molecule has 0 aliphatic carbocycles. The Balaban J connectivity index is 1.91. The lowest BCUT2D eigenvalue weighted by Crippen LogP contribution is -2.22. The summed E-state index contributed by atoms with van der Waals surface area (Å²) in [5.74, 6) is -0.287. The molecule has 3 aromatic heterocycles. The molecule has 1 aromatic carbocycles. The van der Waals surface area contributed by atoms with Crippen molar-refractivity contribution in [3.05, 3.63) is 35.1 Å². The van der Waals surface area contributed by atoms with Gasteiger partial charge in [0.15, 0.2) is 5.65 Å². The molecule has 0 bridgehead atoms. The highest BCUT2D eigenvalue weighted by Gasteiger charge is 2.31. The number of nitrogens with one attached hydrogen (secondary N) is 2. The summed E-state index contributed by atoms with van der Waals surface area (Å²) < 4.78 is 39.7. The Kier molecular flexibility index (Phi) is 4.77. The number of H-pyrrole nitrogens is 1. The minimum Gasteiger partial charge on any atom is -0.383 e. The number of carbonyl (C=O) groups is 1. The van der Waals surface area contributed by atoms with Crippen LogP contribution in [0.25, 0.3) is 33.3 Å². The molecule has 0 fully saturated rings. The first-order chi connectivity index (χ1) is 14.2. The van der Waals surface area contributed by atoms with E-state index >= 15 is 0 Å². The van der Waals surface area contributed by atoms with Crippen LogP contribution in [-0.2, 0) is 6.54 Å². The first-order valence-corrected chi connectivity index (χ1v) is 9.21. The van der Waals surface area contributed by atoms with Gasteiger partial charge in [0.2, 0.25) is 0 Å². The molecule has 1 amide bonds. The Morgan fingerprint density at radius 2 is 2.10 bits per heavy atom. The van der Waals surface area contributed by atoms with Crippen LogP contribution in [0.1, 0.15) is 17.3 Å². The SMILES string of the molecule is CCNC(=O)c1ccc2c(Cl)c(-c3nn(CC(F)(F)F)c4ncnc(N)c34)[nH]c2c1. The van der Waals surface area contributed by atoms with Crippen molar-refractivity contribution in [2.24, 2.45) is 0 Å². The van der Waals surface area contributed by atoms with E-state index in [2.05, 4.69) is 25.4 Å². The second-order valence-corrected chi connectivity index (χ2v) is 6.89. The van der Waals surface area contributed by atoms with Crippen LogP contribution in [0.2, 0.25) is 5.02 Å².